The van der Waals surface area contributed by atoms with Gasteiger partial charge in [-0.2, -0.15) is 0 Å². The van der Waals surface area contributed by atoms with E-state index < -0.39 is 0 Å². The lowest BCUT2D eigenvalue weighted by Crippen LogP contribution is -2.59. The quantitative estimate of drug-likeness (QED) is 0.439. The number of amidine groups is 1. The van der Waals surface area contributed by atoms with Crippen LogP contribution in [0.5, 0.6) is 0 Å². The molecule has 0 aromatic heterocycles. The van der Waals surface area contributed by atoms with Crippen molar-refractivity contribution in [2.75, 3.05) is 0 Å². The third kappa shape index (κ3) is 5.97. The summed E-state index contributed by atoms with van der Waals surface area (Å²) in [5, 5.41) is 0. The summed E-state index contributed by atoms with van der Waals surface area (Å²) in [7, 11) is 0. The second-order valence-corrected chi connectivity index (χ2v) is 9.53. The zero-order chi connectivity index (χ0) is 15.9. The molecule has 0 radical (unpaired) electrons. The van der Waals surface area contributed by atoms with Crippen LogP contribution in [-0.4, -0.2) is 27.4 Å². The van der Waals surface area contributed by atoms with Gasteiger partial charge in [0.1, 0.15) is 5.84 Å². The zero-order valence-electron chi connectivity index (χ0n) is 15.4. The topological polar surface area (TPSA) is 15.6 Å². The van der Waals surface area contributed by atoms with Gasteiger partial charge in [0.05, 0.1) is 5.54 Å². The van der Waals surface area contributed by atoms with E-state index in [0.29, 0.717) is 0 Å². The SMILES string of the molecule is CC(C)(C)N=C(N(C(C)(C)C)C(C)(C)C)C(C)(C)C. The number of aliphatic imine (C=N–C) groups is 1. The Labute approximate surface area is 121 Å². The van der Waals surface area contributed by atoms with Gasteiger partial charge in [-0.25, -0.2) is 0 Å². The number of nitrogens with zero attached hydrogens (tertiary/aromatic N) is 2. The molecule has 0 aromatic carbocycles. The molecule has 0 heterocycles. The number of rotatable bonds is 0. The minimum atomic E-state index is -0.0582. The number of hydrogen-bond donors (Lipinski definition) is 0. The van der Waals surface area contributed by atoms with E-state index in [-0.39, 0.29) is 22.0 Å². The molecule has 0 aromatic rings. The summed E-state index contributed by atoms with van der Waals surface area (Å²) in [5.74, 6) is 1.19. The second kappa shape index (κ2) is 5.10. The van der Waals surface area contributed by atoms with E-state index >= 15 is 0 Å². The molecule has 0 aliphatic rings. The van der Waals surface area contributed by atoms with Crippen molar-refractivity contribution in [1.82, 2.24) is 4.90 Å². The van der Waals surface area contributed by atoms with Gasteiger partial charge in [-0.3, -0.25) is 4.99 Å². The normalized spacial score (nSPS) is 15.7. The Hall–Kier alpha value is -0.530. The Morgan fingerprint density at radius 3 is 1.11 bits per heavy atom. The van der Waals surface area contributed by atoms with E-state index in [1.807, 2.05) is 0 Å². The maximum Gasteiger partial charge on any atom is 0.106 e. The summed E-state index contributed by atoms with van der Waals surface area (Å²) < 4.78 is 0. The van der Waals surface area contributed by atoms with Gasteiger partial charge in [-0.1, -0.05) is 20.8 Å². The van der Waals surface area contributed by atoms with E-state index in [4.69, 9.17) is 4.99 Å². The molecule has 0 amide bonds. The van der Waals surface area contributed by atoms with Gasteiger partial charge in [0.25, 0.3) is 0 Å². The summed E-state index contributed by atoms with van der Waals surface area (Å²) in [4.78, 5) is 7.53. The Morgan fingerprint density at radius 1 is 0.632 bits per heavy atom. The molecule has 0 spiro atoms. The van der Waals surface area contributed by atoms with Crippen LogP contribution in [-0.2, 0) is 0 Å². The van der Waals surface area contributed by atoms with Gasteiger partial charge in [0.2, 0.25) is 0 Å². The summed E-state index contributed by atoms with van der Waals surface area (Å²) in [5.41, 5.74) is 0.0798. The highest BCUT2D eigenvalue weighted by Crippen LogP contribution is 2.33. The molecule has 2 nitrogen and oxygen atoms in total. The fourth-order valence-corrected chi connectivity index (χ4v) is 2.51. The van der Waals surface area contributed by atoms with Gasteiger partial charge >= 0.3 is 0 Å². The predicted molar refractivity (Wildman–Crippen MR) is 88.0 cm³/mol. The molecule has 0 rings (SSSR count). The molecule has 0 fully saturated rings. The van der Waals surface area contributed by atoms with Gasteiger partial charge < -0.3 is 4.90 Å². The van der Waals surface area contributed by atoms with Crippen molar-refractivity contribution < 1.29 is 0 Å². The van der Waals surface area contributed by atoms with E-state index in [1.54, 1.807) is 0 Å². The third-order valence-electron chi connectivity index (χ3n) is 2.67. The summed E-state index contributed by atoms with van der Waals surface area (Å²) in [6.45, 7) is 26.9. The van der Waals surface area contributed by atoms with Crippen LogP contribution in [0.1, 0.15) is 83.1 Å². The molecule has 2 heteroatoms. The van der Waals surface area contributed by atoms with Crippen LogP contribution in [0.15, 0.2) is 4.99 Å². The minimum Gasteiger partial charge on any atom is -0.350 e. The highest BCUT2D eigenvalue weighted by Gasteiger charge is 2.39. The second-order valence-electron chi connectivity index (χ2n) is 9.53. The first kappa shape index (κ1) is 18.5. The standard InChI is InChI=1S/C17H36N2/c1-14(2,3)13(18-15(4,5)6)19(16(7,8)9)17(10,11)12/h1-12H3. The maximum absolute atomic E-state index is 5.06. The van der Waals surface area contributed by atoms with E-state index in [1.165, 1.54) is 5.84 Å². The van der Waals surface area contributed by atoms with Crippen LogP contribution in [0.3, 0.4) is 0 Å². The lowest BCUT2D eigenvalue weighted by molar-refractivity contribution is 0.109. The Morgan fingerprint density at radius 2 is 0.947 bits per heavy atom. The molecule has 114 valence electrons. The smallest absolute Gasteiger partial charge is 0.106 e. The maximum atomic E-state index is 5.06. The molecule has 19 heavy (non-hydrogen) atoms. The molecular weight excluding hydrogens is 232 g/mol. The van der Waals surface area contributed by atoms with E-state index in [9.17, 15) is 0 Å². The van der Waals surface area contributed by atoms with E-state index in [0.717, 1.165) is 0 Å². The molecule has 0 saturated heterocycles. The average Bonchev–Trinajstić information content (AvgIpc) is 1.91. The lowest BCUT2D eigenvalue weighted by Gasteiger charge is -2.51. The molecule has 0 atom stereocenters. The van der Waals surface area contributed by atoms with Crippen molar-refractivity contribution in [3.8, 4) is 0 Å². The average molecular weight is 268 g/mol. The lowest BCUT2D eigenvalue weighted by atomic mass is 9.86. The monoisotopic (exact) mass is 268 g/mol. The Bertz CT molecular complexity index is 310. The molecular formula is C17H36N2. The number of hydrogen-bond acceptors (Lipinski definition) is 1. The molecule has 0 saturated carbocycles. The van der Waals surface area contributed by atoms with Crippen LogP contribution in [0.2, 0.25) is 0 Å². The molecule has 0 unspecified atom stereocenters. The van der Waals surface area contributed by atoms with Crippen molar-refractivity contribution in [2.45, 2.75) is 99.7 Å². The first-order valence-electron chi connectivity index (χ1n) is 7.37. The van der Waals surface area contributed by atoms with Gasteiger partial charge in [0, 0.05) is 16.5 Å². The Kier molecular flexibility index (Phi) is 4.96. The van der Waals surface area contributed by atoms with Gasteiger partial charge in [-0.05, 0) is 62.3 Å². The summed E-state index contributed by atoms with van der Waals surface area (Å²) in [6, 6.07) is 0. The van der Waals surface area contributed by atoms with Crippen molar-refractivity contribution in [3.05, 3.63) is 0 Å². The van der Waals surface area contributed by atoms with Gasteiger partial charge in [-0.15, -0.1) is 0 Å². The van der Waals surface area contributed by atoms with Crippen LogP contribution in [0, 0.1) is 5.41 Å². The van der Waals surface area contributed by atoms with Crippen molar-refractivity contribution in [3.63, 3.8) is 0 Å². The van der Waals surface area contributed by atoms with Crippen LogP contribution in [0.25, 0.3) is 0 Å². The summed E-state index contributed by atoms with van der Waals surface area (Å²) >= 11 is 0. The zero-order valence-corrected chi connectivity index (χ0v) is 15.4. The fraction of sp³-hybridized carbons (Fsp3) is 0.941. The fourth-order valence-electron chi connectivity index (χ4n) is 2.51. The highest BCUT2D eigenvalue weighted by atomic mass is 15.3. The van der Waals surface area contributed by atoms with Gasteiger partial charge in [0.15, 0.2) is 0 Å². The largest absolute Gasteiger partial charge is 0.350 e. The Balaban J connectivity index is 6.04. The van der Waals surface area contributed by atoms with Crippen molar-refractivity contribution in [2.24, 2.45) is 10.4 Å². The molecule has 0 aliphatic carbocycles. The van der Waals surface area contributed by atoms with Crippen LogP contribution >= 0.6 is 0 Å². The van der Waals surface area contributed by atoms with Crippen LogP contribution in [0.4, 0.5) is 0 Å². The highest BCUT2D eigenvalue weighted by molar-refractivity contribution is 5.88. The first-order chi connectivity index (χ1) is 7.96. The third-order valence-corrected chi connectivity index (χ3v) is 2.67. The van der Waals surface area contributed by atoms with Crippen LogP contribution < -0.4 is 0 Å². The van der Waals surface area contributed by atoms with E-state index in [2.05, 4.69) is 88.0 Å². The van der Waals surface area contributed by atoms with Crippen molar-refractivity contribution in [1.29, 1.82) is 0 Å². The molecule has 0 bridgehead atoms. The minimum absolute atomic E-state index is 0.0356. The van der Waals surface area contributed by atoms with Crippen molar-refractivity contribution >= 4 is 5.84 Å². The molecule has 0 N–H and O–H groups in total. The first-order valence-corrected chi connectivity index (χ1v) is 7.37. The summed E-state index contributed by atoms with van der Waals surface area (Å²) in [6.07, 6.45) is 0. The predicted octanol–water partition coefficient (Wildman–Crippen LogP) is 5.13. The molecule has 0 aliphatic heterocycles.